The number of aliphatic hydroxyl groups excluding tert-OH is 1. The zero-order valence-electron chi connectivity index (χ0n) is 21.9. The number of aliphatic imine (C=N–C) groups is 1. The fourth-order valence-corrected chi connectivity index (χ4v) is 4.85. The van der Waals surface area contributed by atoms with E-state index < -0.39 is 0 Å². The van der Waals surface area contributed by atoms with E-state index in [1.165, 1.54) is 14.2 Å². The summed E-state index contributed by atoms with van der Waals surface area (Å²) in [5, 5.41) is 9.71. The van der Waals surface area contributed by atoms with Gasteiger partial charge in [-0.05, 0) is 53.4 Å². The second-order valence-electron chi connectivity index (χ2n) is 9.33. The summed E-state index contributed by atoms with van der Waals surface area (Å²) in [6.07, 6.45) is 3.31. The lowest BCUT2D eigenvalue weighted by Crippen LogP contribution is -2.37. The van der Waals surface area contributed by atoms with Gasteiger partial charge in [0.1, 0.15) is 12.4 Å². The van der Waals surface area contributed by atoms with Crippen LogP contribution < -0.4 is 19.1 Å². The normalized spacial score (nSPS) is 15.2. The number of para-hydroxylation sites is 1. The molecule has 1 amide bonds. The molecule has 3 aromatic rings. The van der Waals surface area contributed by atoms with Crippen LogP contribution in [0, 0.1) is 0 Å². The summed E-state index contributed by atoms with van der Waals surface area (Å²) in [5.41, 5.74) is 4.43. The average Bonchev–Trinajstić information content (AvgIpc) is 3.28. The fraction of sp³-hybridized carbons (Fsp3) is 0.300. The van der Waals surface area contributed by atoms with E-state index in [9.17, 15) is 14.7 Å². The number of amides is 1. The molecule has 0 saturated heterocycles. The molecule has 1 atom stereocenters. The lowest BCUT2D eigenvalue weighted by atomic mass is 10.1. The van der Waals surface area contributed by atoms with Crippen molar-refractivity contribution in [1.82, 2.24) is 0 Å². The first-order chi connectivity index (χ1) is 19.0. The number of hydrogen-bond acceptors (Lipinski definition) is 8. The number of methoxy groups -OCH3 is 2. The Balaban J connectivity index is 1.34. The number of anilines is 1. The Morgan fingerprint density at radius 1 is 1.05 bits per heavy atom. The monoisotopic (exact) mass is 530 g/mol. The number of esters is 1. The molecule has 0 saturated carbocycles. The van der Waals surface area contributed by atoms with Crippen molar-refractivity contribution in [1.29, 1.82) is 0 Å². The van der Waals surface area contributed by atoms with Crippen LogP contribution in [0.4, 0.5) is 11.4 Å². The van der Waals surface area contributed by atoms with Gasteiger partial charge in [0.15, 0.2) is 11.5 Å². The zero-order valence-corrected chi connectivity index (χ0v) is 21.9. The van der Waals surface area contributed by atoms with E-state index in [4.69, 9.17) is 14.2 Å². The Morgan fingerprint density at radius 3 is 2.67 bits per heavy atom. The molecule has 9 heteroatoms. The molecule has 2 heterocycles. The number of hydrogen-bond donors (Lipinski definition) is 1. The molecule has 2 aliphatic rings. The third-order valence-electron chi connectivity index (χ3n) is 6.75. The van der Waals surface area contributed by atoms with Crippen LogP contribution in [0.15, 0.2) is 59.6 Å². The predicted octanol–water partition coefficient (Wildman–Crippen LogP) is 4.39. The third-order valence-corrected chi connectivity index (χ3v) is 6.75. The number of carbonyl (C=O) groups excluding carboxylic acids is 2. The van der Waals surface area contributed by atoms with Gasteiger partial charge in [-0.1, -0.05) is 18.2 Å². The van der Waals surface area contributed by atoms with Gasteiger partial charge in [-0.2, -0.15) is 0 Å². The summed E-state index contributed by atoms with van der Waals surface area (Å²) in [5.74, 6) is 1.00. The molecule has 39 heavy (non-hydrogen) atoms. The van der Waals surface area contributed by atoms with Crippen LogP contribution in [-0.2, 0) is 29.2 Å². The van der Waals surface area contributed by atoms with Crippen LogP contribution in [-0.4, -0.2) is 50.1 Å². The largest absolute Gasteiger partial charge is 0.494 e. The minimum atomic E-state index is -0.289. The standard InChI is InChI=1S/C30H30N2O7/c1-36-27-14-24-25(31-16-22-13-21-6-3-4-7-26(21)32(22)30(24)35)15-28(27)39-18-20-10-19(17-33)11-23(12-20)38-9-5-8-29(34)37-2/h3-4,6-7,10-12,14-16,22,33H,5,8-9,13,17-18H2,1-2H3/t22-/m0/s1. The number of aliphatic hydroxyl groups is 1. The highest BCUT2D eigenvalue weighted by Gasteiger charge is 2.36. The highest BCUT2D eigenvalue weighted by molar-refractivity contribution is 6.14. The summed E-state index contributed by atoms with van der Waals surface area (Å²) < 4.78 is 22.1. The Hall–Kier alpha value is -4.37. The van der Waals surface area contributed by atoms with E-state index in [0.717, 1.165) is 16.8 Å². The van der Waals surface area contributed by atoms with Crippen LogP contribution in [0.3, 0.4) is 0 Å². The number of rotatable bonds is 10. The predicted molar refractivity (Wildman–Crippen MR) is 145 cm³/mol. The average molecular weight is 531 g/mol. The second kappa shape index (κ2) is 11.6. The number of carbonyl (C=O) groups is 2. The minimum absolute atomic E-state index is 0.132. The van der Waals surface area contributed by atoms with Crippen molar-refractivity contribution in [2.75, 3.05) is 25.7 Å². The lowest BCUT2D eigenvalue weighted by Gasteiger charge is -2.22. The van der Waals surface area contributed by atoms with Crippen molar-refractivity contribution in [3.63, 3.8) is 0 Å². The molecule has 202 valence electrons. The maximum atomic E-state index is 13.6. The van der Waals surface area contributed by atoms with Crippen molar-refractivity contribution in [3.8, 4) is 17.2 Å². The van der Waals surface area contributed by atoms with Crippen molar-refractivity contribution in [2.24, 2.45) is 4.99 Å². The van der Waals surface area contributed by atoms with Crippen molar-refractivity contribution in [2.45, 2.75) is 38.5 Å². The van der Waals surface area contributed by atoms with Gasteiger partial charge in [0.25, 0.3) is 5.91 Å². The maximum absolute atomic E-state index is 13.6. The molecule has 0 bridgehead atoms. The van der Waals surface area contributed by atoms with Gasteiger partial charge in [-0.15, -0.1) is 0 Å². The number of ether oxygens (including phenoxy) is 4. The molecule has 0 unspecified atom stereocenters. The topological polar surface area (TPSA) is 107 Å². The number of benzene rings is 3. The molecule has 9 nitrogen and oxygen atoms in total. The van der Waals surface area contributed by atoms with Gasteiger partial charge in [0.05, 0.1) is 44.7 Å². The maximum Gasteiger partial charge on any atom is 0.305 e. The summed E-state index contributed by atoms with van der Waals surface area (Å²) in [6, 6.07) is 16.5. The number of fused-ring (bicyclic) bond motifs is 4. The molecular weight excluding hydrogens is 500 g/mol. The van der Waals surface area contributed by atoms with E-state index in [2.05, 4.69) is 9.73 Å². The SMILES string of the molecule is COC(=O)CCCOc1cc(CO)cc(COc2cc3c(cc2OC)C(=O)N2c4ccccc4C[C@H]2C=N3)c1. The van der Waals surface area contributed by atoms with Gasteiger partial charge in [-0.25, -0.2) is 0 Å². The number of nitrogens with zero attached hydrogens (tertiary/aromatic N) is 2. The van der Waals surface area contributed by atoms with Crippen LogP contribution in [0.25, 0.3) is 0 Å². The first-order valence-corrected chi connectivity index (χ1v) is 12.7. The lowest BCUT2D eigenvalue weighted by molar-refractivity contribution is -0.140. The van der Waals surface area contributed by atoms with Gasteiger partial charge < -0.3 is 24.1 Å². The quantitative estimate of drug-likeness (QED) is 0.306. The third kappa shape index (κ3) is 5.58. The van der Waals surface area contributed by atoms with E-state index in [-0.39, 0.29) is 37.6 Å². The van der Waals surface area contributed by atoms with E-state index >= 15 is 0 Å². The highest BCUT2D eigenvalue weighted by atomic mass is 16.5. The van der Waals surface area contributed by atoms with Crippen LogP contribution in [0.5, 0.6) is 17.2 Å². The van der Waals surface area contributed by atoms with Crippen molar-refractivity contribution in [3.05, 3.63) is 76.9 Å². The molecular formula is C30H30N2O7. The Bertz CT molecular complexity index is 1420. The van der Waals surface area contributed by atoms with E-state index in [1.54, 1.807) is 23.1 Å². The summed E-state index contributed by atoms with van der Waals surface area (Å²) in [7, 11) is 2.88. The van der Waals surface area contributed by atoms with E-state index in [1.807, 2.05) is 42.6 Å². The first kappa shape index (κ1) is 26.2. The summed E-state index contributed by atoms with van der Waals surface area (Å²) in [6.45, 7) is 0.338. The van der Waals surface area contributed by atoms with Gasteiger partial charge in [0.2, 0.25) is 0 Å². The first-order valence-electron chi connectivity index (χ1n) is 12.7. The Morgan fingerprint density at radius 2 is 1.87 bits per heavy atom. The van der Waals surface area contributed by atoms with Crippen LogP contribution in [0.2, 0.25) is 0 Å². The zero-order chi connectivity index (χ0) is 27.4. The molecule has 3 aromatic carbocycles. The molecule has 1 N–H and O–H groups in total. The van der Waals surface area contributed by atoms with Crippen LogP contribution in [0.1, 0.15) is 39.9 Å². The second-order valence-corrected chi connectivity index (χ2v) is 9.33. The Labute approximate surface area is 226 Å². The minimum Gasteiger partial charge on any atom is -0.494 e. The van der Waals surface area contributed by atoms with Gasteiger partial charge in [0, 0.05) is 30.8 Å². The summed E-state index contributed by atoms with van der Waals surface area (Å²) >= 11 is 0. The molecule has 0 spiro atoms. The molecule has 0 radical (unpaired) electrons. The smallest absolute Gasteiger partial charge is 0.305 e. The molecule has 2 aliphatic heterocycles. The molecule has 5 rings (SSSR count). The molecule has 0 aliphatic carbocycles. The Kier molecular flexibility index (Phi) is 7.79. The molecule has 0 aromatic heterocycles. The molecule has 0 fully saturated rings. The highest BCUT2D eigenvalue weighted by Crippen LogP contribution is 2.41. The van der Waals surface area contributed by atoms with E-state index in [0.29, 0.717) is 53.5 Å². The van der Waals surface area contributed by atoms with Crippen molar-refractivity contribution < 1.29 is 33.6 Å². The van der Waals surface area contributed by atoms with Gasteiger partial charge >= 0.3 is 5.97 Å². The fourth-order valence-electron chi connectivity index (χ4n) is 4.85. The van der Waals surface area contributed by atoms with Crippen LogP contribution >= 0.6 is 0 Å². The van der Waals surface area contributed by atoms with Gasteiger partial charge in [-0.3, -0.25) is 19.5 Å². The van der Waals surface area contributed by atoms with Crippen molar-refractivity contribution >= 4 is 29.5 Å². The summed E-state index contributed by atoms with van der Waals surface area (Å²) in [4.78, 5) is 31.3.